The van der Waals surface area contributed by atoms with E-state index in [-0.39, 0.29) is 5.78 Å². The molecule has 0 spiro atoms. The van der Waals surface area contributed by atoms with Crippen LogP contribution >= 0.6 is 11.6 Å². The summed E-state index contributed by atoms with van der Waals surface area (Å²) >= 11 is 6.25. The minimum atomic E-state index is -0.0157. The van der Waals surface area contributed by atoms with E-state index in [1.165, 1.54) is 0 Å². The van der Waals surface area contributed by atoms with Crippen molar-refractivity contribution in [3.63, 3.8) is 0 Å². The van der Waals surface area contributed by atoms with E-state index in [1.807, 2.05) is 43.3 Å². The first-order valence-electron chi connectivity index (χ1n) is 6.98. The van der Waals surface area contributed by atoms with Crippen molar-refractivity contribution >= 4 is 46.3 Å². The number of para-hydroxylation sites is 1. The first-order valence-corrected chi connectivity index (χ1v) is 7.36. The van der Waals surface area contributed by atoms with Crippen LogP contribution in [-0.4, -0.2) is 10.8 Å². The number of H-pyrrole nitrogens is 1. The second kappa shape index (κ2) is 4.49. The molecule has 0 unspecified atom stereocenters. The van der Waals surface area contributed by atoms with Crippen molar-refractivity contribution in [3.05, 3.63) is 63.1 Å². The van der Waals surface area contributed by atoms with E-state index < -0.39 is 0 Å². The molecule has 0 amide bonds. The molecule has 0 aliphatic carbocycles. The van der Waals surface area contributed by atoms with Crippen LogP contribution in [0.4, 0.5) is 5.69 Å². The summed E-state index contributed by atoms with van der Waals surface area (Å²) in [7, 11) is 0. The molecule has 0 atom stereocenters. The first-order chi connectivity index (χ1) is 10.6. The summed E-state index contributed by atoms with van der Waals surface area (Å²) in [6.45, 7) is 6.00. The number of fused-ring (bicyclic) bond motifs is 2. The van der Waals surface area contributed by atoms with E-state index in [1.54, 1.807) is 0 Å². The van der Waals surface area contributed by atoms with E-state index >= 15 is 0 Å². The first kappa shape index (κ1) is 13.2. The number of halogens is 1. The Hall–Kier alpha value is -2.52. The quantitative estimate of drug-likeness (QED) is 0.670. The Labute approximate surface area is 131 Å². The molecule has 22 heavy (non-hydrogen) atoms. The van der Waals surface area contributed by atoms with E-state index in [0.29, 0.717) is 21.6 Å². The third-order valence-electron chi connectivity index (χ3n) is 4.06. The molecule has 1 aliphatic heterocycles. The fourth-order valence-corrected chi connectivity index (χ4v) is 3.12. The Kier molecular flexibility index (Phi) is 2.68. The Morgan fingerprint density at radius 1 is 1.18 bits per heavy atom. The van der Waals surface area contributed by atoms with Crippen molar-refractivity contribution in [2.24, 2.45) is 0 Å². The lowest BCUT2D eigenvalue weighted by atomic mass is 10.1. The minimum absolute atomic E-state index is 0.0157. The number of aromatic amines is 1. The summed E-state index contributed by atoms with van der Waals surface area (Å²) in [5.41, 5.74) is 3.98. The number of carbonyl (C=O) groups excluding carboxylic acids is 1. The molecule has 0 fully saturated rings. The Bertz CT molecular complexity index is 1060. The van der Waals surface area contributed by atoms with Gasteiger partial charge in [0.1, 0.15) is 0 Å². The Morgan fingerprint density at radius 2 is 1.95 bits per heavy atom. The second-order valence-electron chi connectivity index (χ2n) is 5.50. The molecular formula is C18H13ClN2O. The fourth-order valence-electron chi connectivity index (χ4n) is 2.96. The largest absolute Gasteiger partial charge is 0.355 e. The molecule has 4 rings (SSSR count). The van der Waals surface area contributed by atoms with Crippen molar-refractivity contribution in [2.45, 2.75) is 6.92 Å². The van der Waals surface area contributed by atoms with Crippen LogP contribution in [0.25, 0.3) is 23.2 Å². The molecule has 0 saturated heterocycles. The average molecular weight is 309 g/mol. The highest BCUT2D eigenvalue weighted by Crippen LogP contribution is 2.28. The molecule has 2 N–H and O–H groups in total. The standard InChI is InChI=1S/C18H13ClN2O/c1-9-7-15-12(8-13(9)19)16(10(2)20-15)17-18(22)11-5-3-4-6-14(11)21-17/h3-8,20-21H,2H2,1H3/b17-16+. The maximum absolute atomic E-state index is 12.7. The van der Waals surface area contributed by atoms with Crippen LogP contribution in [0, 0.1) is 6.92 Å². The molecule has 0 bridgehead atoms. The number of ketones is 1. The van der Waals surface area contributed by atoms with Gasteiger partial charge in [0.25, 0.3) is 0 Å². The summed E-state index contributed by atoms with van der Waals surface area (Å²) in [5.74, 6) is -0.0157. The van der Waals surface area contributed by atoms with Gasteiger partial charge in [0.15, 0.2) is 0 Å². The van der Waals surface area contributed by atoms with Crippen LogP contribution in [0.3, 0.4) is 0 Å². The van der Waals surface area contributed by atoms with Gasteiger partial charge in [0.2, 0.25) is 5.78 Å². The number of hydrogen-bond donors (Lipinski definition) is 2. The van der Waals surface area contributed by atoms with Gasteiger partial charge in [-0.1, -0.05) is 30.3 Å². The lowest BCUT2D eigenvalue weighted by Crippen LogP contribution is -2.27. The summed E-state index contributed by atoms with van der Waals surface area (Å²) in [5, 5.41) is 6.30. The smallest absolute Gasteiger partial charge is 0.211 e. The molecule has 3 nitrogen and oxygen atoms in total. The number of nitrogens with one attached hydrogen (secondary N) is 2. The van der Waals surface area contributed by atoms with Crippen LogP contribution in [0.15, 0.2) is 36.4 Å². The number of aromatic nitrogens is 1. The number of rotatable bonds is 0. The van der Waals surface area contributed by atoms with Gasteiger partial charge in [-0.2, -0.15) is 0 Å². The van der Waals surface area contributed by atoms with Crippen molar-refractivity contribution in [3.8, 4) is 0 Å². The van der Waals surface area contributed by atoms with Gasteiger partial charge in [-0.05, 0) is 36.8 Å². The third-order valence-corrected chi connectivity index (χ3v) is 4.47. The van der Waals surface area contributed by atoms with Gasteiger partial charge in [0.05, 0.1) is 5.70 Å². The summed E-state index contributed by atoms with van der Waals surface area (Å²) in [4.78, 5) is 15.9. The lowest BCUT2D eigenvalue weighted by molar-refractivity contribution is 0.106. The molecule has 2 aromatic carbocycles. The maximum Gasteiger partial charge on any atom is 0.211 e. The topological polar surface area (TPSA) is 44.9 Å². The van der Waals surface area contributed by atoms with Crippen molar-refractivity contribution in [2.75, 3.05) is 5.32 Å². The summed E-state index contributed by atoms with van der Waals surface area (Å²) < 4.78 is 0. The van der Waals surface area contributed by atoms with Gasteiger partial charge in [-0.25, -0.2) is 0 Å². The maximum atomic E-state index is 12.7. The SMILES string of the molecule is C=c1[nH]c2cc(C)c(Cl)cc2/c1=C1/Nc2ccccc2C1=O. The number of Topliss-reactive ketones (excluding diaryl/α,β-unsaturated/α-hetero) is 1. The van der Waals surface area contributed by atoms with Crippen molar-refractivity contribution < 1.29 is 4.79 Å². The van der Waals surface area contributed by atoms with Gasteiger partial charge < -0.3 is 10.3 Å². The molecule has 0 radical (unpaired) electrons. The molecule has 108 valence electrons. The van der Waals surface area contributed by atoms with Crippen LogP contribution in [0.5, 0.6) is 0 Å². The van der Waals surface area contributed by atoms with Crippen LogP contribution in [-0.2, 0) is 0 Å². The van der Waals surface area contributed by atoms with Crippen LogP contribution < -0.4 is 15.9 Å². The van der Waals surface area contributed by atoms with E-state index in [4.69, 9.17) is 11.6 Å². The number of aryl methyl sites for hydroxylation is 1. The average Bonchev–Trinajstić information content (AvgIpc) is 2.97. The zero-order valence-electron chi connectivity index (χ0n) is 12.0. The molecule has 0 saturated carbocycles. The molecule has 1 aromatic heterocycles. The van der Waals surface area contributed by atoms with Gasteiger partial charge in [-0.15, -0.1) is 0 Å². The highest BCUT2D eigenvalue weighted by atomic mass is 35.5. The van der Waals surface area contributed by atoms with Crippen LogP contribution in [0.2, 0.25) is 5.02 Å². The highest BCUT2D eigenvalue weighted by Gasteiger charge is 2.25. The minimum Gasteiger partial charge on any atom is -0.355 e. The zero-order valence-corrected chi connectivity index (χ0v) is 12.7. The lowest BCUT2D eigenvalue weighted by Gasteiger charge is -2.00. The number of hydrogen-bond acceptors (Lipinski definition) is 2. The number of anilines is 1. The molecule has 4 heteroatoms. The van der Waals surface area contributed by atoms with Gasteiger partial charge >= 0.3 is 0 Å². The summed E-state index contributed by atoms with van der Waals surface area (Å²) in [6.07, 6.45) is 0. The highest BCUT2D eigenvalue weighted by molar-refractivity contribution is 6.34. The van der Waals surface area contributed by atoms with E-state index in [2.05, 4.69) is 16.9 Å². The second-order valence-corrected chi connectivity index (χ2v) is 5.91. The summed E-state index contributed by atoms with van der Waals surface area (Å²) in [6, 6.07) is 11.4. The fraction of sp³-hybridized carbons (Fsp3) is 0.0556. The normalized spacial score (nSPS) is 16.0. The third kappa shape index (κ3) is 1.72. The molecular weight excluding hydrogens is 296 g/mol. The van der Waals surface area contributed by atoms with Gasteiger partial charge in [0, 0.05) is 37.7 Å². The molecule has 1 aliphatic rings. The monoisotopic (exact) mass is 308 g/mol. The molecule has 2 heterocycles. The predicted molar refractivity (Wildman–Crippen MR) is 90.6 cm³/mol. The van der Waals surface area contributed by atoms with Gasteiger partial charge in [-0.3, -0.25) is 4.79 Å². The zero-order chi connectivity index (χ0) is 15.4. The van der Waals surface area contributed by atoms with E-state index in [9.17, 15) is 4.79 Å². The van der Waals surface area contributed by atoms with Crippen LogP contribution in [0.1, 0.15) is 15.9 Å². The Morgan fingerprint density at radius 3 is 2.73 bits per heavy atom. The van der Waals surface area contributed by atoms with Crippen molar-refractivity contribution in [1.29, 1.82) is 0 Å². The van der Waals surface area contributed by atoms with Crippen molar-refractivity contribution in [1.82, 2.24) is 4.98 Å². The number of benzene rings is 2. The Balaban J connectivity index is 2.11. The number of carbonyl (C=O) groups is 1. The molecule has 3 aromatic rings. The van der Waals surface area contributed by atoms with E-state index in [0.717, 1.165) is 27.4 Å². The predicted octanol–water partition coefficient (Wildman–Crippen LogP) is 2.96.